The molecule has 0 aromatic rings. The number of nitrogens with zero attached hydrogens (tertiary/aromatic N) is 1. The van der Waals surface area contributed by atoms with Gasteiger partial charge in [0.2, 0.25) is 11.8 Å². The molecule has 4 heteroatoms. The summed E-state index contributed by atoms with van der Waals surface area (Å²) in [7, 11) is 0. The highest BCUT2D eigenvalue weighted by atomic mass is 16.2. The average molecular weight is 252 g/mol. The molecular formula is C14H24N2O2. The van der Waals surface area contributed by atoms with Crippen LogP contribution in [-0.4, -0.2) is 34.8 Å². The second-order valence-corrected chi connectivity index (χ2v) is 5.63. The number of hydrogen-bond acceptors (Lipinski definition) is 2. The number of carbonyl (C=O) groups is 2. The Morgan fingerprint density at radius 3 is 2.50 bits per heavy atom. The quantitative estimate of drug-likeness (QED) is 0.809. The van der Waals surface area contributed by atoms with Crippen LogP contribution < -0.4 is 5.32 Å². The number of amides is 2. The first-order valence-electron chi connectivity index (χ1n) is 7.22. The van der Waals surface area contributed by atoms with Crippen molar-refractivity contribution in [2.75, 3.05) is 0 Å². The maximum Gasteiger partial charge on any atom is 0.246 e. The van der Waals surface area contributed by atoms with E-state index in [-0.39, 0.29) is 29.9 Å². The second-order valence-electron chi connectivity index (χ2n) is 5.63. The fourth-order valence-corrected chi connectivity index (χ4v) is 2.77. The molecule has 2 fully saturated rings. The zero-order chi connectivity index (χ0) is 13.3. The molecule has 3 unspecified atom stereocenters. The van der Waals surface area contributed by atoms with Gasteiger partial charge in [0.15, 0.2) is 0 Å². The third kappa shape index (κ3) is 2.38. The number of rotatable bonds is 5. The molecule has 0 aromatic heterocycles. The predicted molar refractivity (Wildman–Crippen MR) is 69.9 cm³/mol. The minimum Gasteiger partial charge on any atom is -0.342 e. The summed E-state index contributed by atoms with van der Waals surface area (Å²) in [5, 5.41) is 2.94. The minimum atomic E-state index is -0.257. The Hall–Kier alpha value is -1.06. The SMILES string of the molecule is CCCC1C(=O)NC(C2CC2)C(=O)N1C(C)CC. The van der Waals surface area contributed by atoms with Crippen LogP contribution in [0.1, 0.15) is 52.9 Å². The third-order valence-electron chi connectivity index (χ3n) is 4.18. The standard InChI is InChI=1S/C14H24N2O2/c1-4-6-11-13(17)15-12(10-7-8-10)14(18)16(11)9(3)5-2/h9-12H,4-8H2,1-3H3,(H,15,17). The van der Waals surface area contributed by atoms with E-state index >= 15 is 0 Å². The van der Waals surface area contributed by atoms with Gasteiger partial charge < -0.3 is 10.2 Å². The number of nitrogens with one attached hydrogen (secondary N) is 1. The Morgan fingerprint density at radius 2 is 2.00 bits per heavy atom. The van der Waals surface area contributed by atoms with Gasteiger partial charge in [-0.25, -0.2) is 0 Å². The van der Waals surface area contributed by atoms with Crippen LogP contribution in [-0.2, 0) is 9.59 Å². The summed E-state index contributed by atoms with van der Waals surface area (Å²) in [6, 6.07) is -0.353. The summed E-state index contributed by atoms with van der Waals surface area (Å²) in [4.78, 5) is 26.6. The fraction of sp³-hybridized carbons (Fsp3) is 0.857. The largest absolute Gasteiger partial charge is 0.342 e. The number of carbonyl (C=O) groups excluding carboxylic acids is 2. The van der Waals surface area contributed by atoms with Crippen LogP contribution >= 0.6 is 0 Å². The van der Waals surface area contributed by atoms with E-state index in [1.165, 1.54) is 0 Å². The molecule has 2 amide bonds. The van der Waals surface area contributed by atoms with Crippen molar-refractivity contribution in [1.82, 2.24) is 10.2 Å². The second kappa shape index (κ2) is 5.29. The average Bonchev–Trinajstić information content (AvgIpc) is 3.17. The Bertz CT molecular complexity index is 339. The van der Waals surface area contributed by atoms with E-state index in [9.17, 15) is 9.59 Å². The summed E-state index contributed by atoms with van der Waals surface area (Å²) in [5.41, 5.74) is 0. The lowest BCUT2D eigenvalue weighted by atomic mass is 9.98. The molecule has 1 aliphatic heterocycles. The topological polar surface area (TPSA) is 49.4 Å². The molecule has 4 nitrogen and oxygen atoms in total. The van der Waals surface area contributed by atoms with Crippen LogP contribution in [0.3, 0.4) is 0 Å². The lowest BCUT2D eigenvalue weighted by Gasteiger charge is -2.42. The Labute approximate surface area is 109 Å². The molecule has 18 heavy (non-hydrogen) atoms. The summed E-state index contributed by atoms with van der Waals surface area (Å²) in [5.74, 6) is 0.578. The molecule has 0 spiro atoms. The van der Waals surface area contributed by atoms with Crippen molar-refractivity contribution in [3.8, 4) is 0 Å². The molecule has 0 bridgehead atoms. The number of piperazine rings is 1. The molecule has 0 aromatic carbocycles. The molecule has 1 aliphatic carbocycles. The highest BCUT2D eigenvalue weighted by molar-refractivity contribution is 5.97. The molecule has 1 saturated carbocycles. The van der Waals surface area contributed by atoms with Gasteiger partial charge >= 0.3 is 0 Å². The van der Waals surface area contributed by atoms with Gasteiger partial charge in [0.25, 0.3) is 0 Å². The minimum absolute atomic E-state index is 0.0497. The van der Waals surface area contributed by atoms with E-state index in [0.29, 0.717) is 5.92 Å². The van der Waals surface area contributed by atoms with Gasteiger partial charge in [-0.2, -0.15) is 0 Å². The molecule has 1 N–H and O–H groups in total. The summed E-state index contributed by atoms with van der Waals surface area (Å²) < 4.78 is 0. The normalized spacial score (nSPS) is 30.3. The summed E-state index contributed by atoms with van der Waals surface area (Å²) >= 11 is 0. The molecular weight excluding hydrogens is 228 g/mol. The van der Waals surface area contributed by atoms with E-state index in [1.54, 1.807) is 0 Å². The van der Waals surface area contributed by atoms with Gasteiger partial charge in [0.05, 0.1) is 0 Å². The van der Waals surface area contributed by atoms with Crippen molar-refractivity contribution >= 4 is 11.8 Å². The first kappa shape index (κ1) is 13.4. The van der Waals surface area contributed by atoms with Crippen molar-refractivity contribution < 1.29 is 9.59 Å². The molecule has 0 radical (unpaired) electrons. The van der Waals surface area contributed by atoms with Crippen LogP contribution in [0.5, 0.6) is 0 Å². The monoisotopic (exact) mass is 252 g/mol. The lowest BCUT2D eigenvalue weighted by molar-refractivity contribution is -0.152. The molecule has 102 valence electrons. The van der Waals surface area contributed by atoms with Crippen LogP contribution in [0.2, 0.25) is 0 Å². The van der Waals surface area contributed by atoms with Crippen LogP contribution in [0.4, 0.5) is 0 Å². The zero-order valence-electron chi connectivity index (χ0n) is 11.6. The maximum atomic E-state index is 12.5. The molecule has 2 rings (SSSR count). The van der Waals surface area contributed by atoms with Gasteiger partial charge in [0, 0.05) is 6.04 Å². The van der Waals surface area contributed by atoms with Gasteiger partial charge in [0.1, 0.15) is 12.1 Å². The van der Waals surface area contributed by atoms with E-state index < -0.39 is 0 Å². The van der Waals surface area contributed by atoms with Crippen molar-refractivity contribution in [3.05, 3.63) is 0 Å². The smallest absolute Gasteiger partial charge is 0.246 e. The first-order chi connectivity index (χ1) is 8.60. The lowest BCUT2D eigenvalue weighted by Crippen LogP contribution is -2.65. The molecule has 3 atom stereocenters. The van der Waals surface area contributed by atoms with Crippen molar-refractivity contribution in [2.45, 2.75) is 71.0 Å². The first-order valence-corrected chi connectivity index (χ1v) is 7.22. The van der Waals surface area contributed by atoms with Crippen molar-refractivity contribution in [1.29, 1.82) is 0 Å². The summed E-state index contributed by atoms with van der Waals surface area (Å²) in [6.45, 7) is 6.17. The zero-order valence-corrected chi connectivity index (χ0v) is 11.6. The van der Waals surface area contributed by atoms with Gasteiger partial charge in [-0.05, 0) is 38.5 Å². The number of hydrogen-bond donors (Lipinski definition) is 1. The van der Waals surface area contributed by atoms with Crippen LogP contribution in [0.25, 0.3) is 0 Å². The van der Waals surface area contributed by atoms with Gasteiger partial charge in [-0.1, -0.05) is 20.3 Å². The van der Waals surface area contributed by atoms with Gasteiger partial charge in [-0.3, -0.25) is 9.59 Å². The molecule has 2 aliphatic rings. The highest BCUT2D eigenvalue weighted by Crippen LogP contribution is 2.36. The molecule has 1 heterocycles. The maximum absolute atomic E-state index is 12.5. The molecule has 1 saturated heterocycles. The van der Waals surface area contributed by atoms with E-state index in [0.717, 1.165) is 32.1 Å². The highest BCUT2D eigenvalue weighted by Gasteiger charge is 2.47. The predicted octanol–water partition coefficient (Wildman–Crippen LogP) is 1.69. The van der Waals surface area contributed by atoms with E-state index in [1.807, 2.05) is 11.8 Å². The fourth-order valence-electron chi connectivity index (χ4n) is 2.77. The van der Waals surface area contributed by atoms with Crippen molar-refractivity contribution in [2.24, 2.45) is 5.92 Å². The van der Waals surface area contributed by atoms with Gasteiger partial charge in [-0.15, -0.1) is 0 Å². The third-order valence-corrected chi connectivity index (χ3v) is 4.18. The summed E-state index contributed by atoms with van der Waals surface area (Å²) in [6.07, 6.45) is 4.73. The Kier molecular flexibility index (Phi) is 3.93. The Balaban J connectivity index is 2.20. The van der Waals surface area contributed by atoms with Crippen LogP contribution in [0.15, 0.2) is 0 Å². The van der Waals surface area contributed by atoms with Crippen LogP contribution in [0, 0.1) is 5.92 Å². The van der Waals surface area contributed by atoms with E-state index in [2.05, 4.69) is 19.2 Å². The van der Waals surface area contributed by atoms with E-state index in [4.69, 9.17) is 0 Å². The Morgan fingerprint density at radius 1 is 1.33 bits per heavy atom. The van der Waals surface area contributed by atoms with Crippen molar-refractivity contribution in [3.63, 3.8) is 0 Å².